The summed E-state index contributed by atoms with van der Waals surface area (Å²) in [7, 11) is 0. The number of carbonyl (C=O) groups excluding carboxylic acids is 1. The predicted octanol–water partition coefficient (Wildman–Crippen LogP) is 2.91. The minimum Gasteiger partial charge on any atom is -0.375 e. The largest absolute Gasteiger partial charge is 0.375 e. The van der Waals surface area contributed by atoms with Gasteiger partial charge in [-0.25, -0.2) is 0 Å². The summed E-state index contributed by atoms with van der Waals surface area (Å²) in [6, 6.07) is 7.85. The maximum Gasteiger partial charge on any atom is 0.223 e. The highest BCUT2D eigenvalue weighted by Gasteiger charge is 2.26. The average molecular weight is 282 g/mol. The van der Waals surface area contributed by atoms with Crippen LogP contribution >= 0.6 is 11.6 Å². The Morgan fingerprint density at radius 2 is 2.26 bits per heavy atom. The Balaban J connectivity index is 1.90. The zero-order valence-electron chi connectivity index (χ0n) is 11.4. The van der Waals surface area contributed by atoms with Crippen LogP contribution in [0.2, 0.25) is 5.02 Å². The number of ether oxygens (including phenoxy) is 1. The van der Waals surface area contributed by atoms with Crippen LogP contribution in [0.25, 0.3) is 0 Å². The number of rotatable bonds is 3. The highest BCUT2D eigenvalue weighted by atomic mass is 35.5. The van der Waals surface area contributed by atoms with E-state index in [2.05, 4.69) is 0 Å². The zero-order valence-corrected chi connectivity index (χ0v) is 12.2. The molecule has 0 bridgehead atoms. The van der Waals surface area contributed by atoms with Crippen molar-refractivity contribution in [2.75, 3.05) is 13.2 Å². The molecule has 0 spiro atoms. The SMILES string of the molecule is CC1CN(C(=O)CCc2cccc(Cl)c2)C(C)CO1. The first-order chi connectivity index (χ1) is 9.06. The molecule has 1 aliphatic heterocycles. The van der Waals surface area contributed by atoms with Gasteiger partial charge in [0.05, 0.1) is 18.8 Å². The van der Waals surface area contributed by atoms with E-state index in [1.165, 1.54) is 0 Å². The summed E-state index contributed by atoms with van der Waals surface area (Å²) < 4.78 is 5.54. The fourth-order valence-corrected chi connectivity index (χ4v) is 2.55. The van der Waals surface area contributed by atoms with Crippen molar-refractivity contribution in [3.63, 3.8) is 0 Å². The van der Waals surface area contributed by atoms with E-state index in [1.807, 2.05) is 43.0 Å². The van der Waals surface area contributed by atoms with Crippen molar-refractivity contribution in [3.05, 3.63) is 34.9 Å². The number of halogens is 1. The molecule has 4 heteroatoms. The summed E-state index contributed by atoms with van der Waals surface area (Å²) in [6.07, 6.45) is 1.39. The predicted molar refractivity (Wildman–Crippen MR) is 76.4 cm³/mol. The number of hydrogen-bond donors (Lipinski definition) is 0. The summed E-state index contributed by atoms with van der Waals surface area (Å²) in [4.78, 5) is 14.2. The number of amides is 1. The number of hydrogen-bond acceptors (Lipinski definition) is 2. The summed E-state index contributed by atoms with van der Waals surface area (Å²) in [5.41, 5.74) is 1.11. The molecule has 0 radical (unpaired) electrons. The fourth-order valence-electron chi connectivity index (χ4n) is 2.34. The first-order valence-corrected chi connectivity index (χ1v) is 7.09. The van der Waals surface area contributed by atoms with Gasteiger partial charge < -0.3 is 9.64 Å². The Labute approximate surface area is 119 Å². The molecule has 0 saturated carbocycles. The molecule has 19 heavy (non-hydrogen) atoms. The van der Waals surface area contributed by atoms with Crippen LogP contribution in [0.15, 0.2) is 24.3 Å². The van der Waals surface area contributed by atoms with Gasteiger partial charge in [-0.15, -0.1) is 0 Å². The van der Waals surface area contributed by atoms with Gasteiger partial charge in [0, 0.05) is 18.0 Å². The Morgan fingerprint density at radius 3 is 3.00 bits per heavy atom. The monoisotopic (exact) mass is 281 g/mol. The molecule has 0 aliphatic carbocycles. The third kappa shape index (κ3) is 3.95. The lowest BCUT2D eigenvalue weighted by molar-refractivity contribution is -0.143. The topological polar surface area (TPSA) is 29.5 Å². The first kappa shape index (κ1) is 14.4. The lowest BCUT2D eigenvalue weighted by Crippen LogP contribution is -2.50. The molecule has 1 aliphatic rings. The molecule has 0 N–H and O–H groups in total. The molecule has 2 atom stereocenters. The third-order valence-corrected chi connectivity index (χ3v) is 3.68. The van der Waals surface area contributed by atoms with E-state index in [4.69, 9.17) is 16.3 Å². The number of aryl methyl sites for hydroxylation is 1. The molecule has 1 aromatic carbocycles. The van der Waals surface area contributed by atoms with E-state index in [-0.39, 0.29) is 18.1 Å². The van der Waals surface area contributed by atoms with Gasteiger partial charge in [0.15, 0.2) is 0 Å². The van der Waals surface area contributed by atoms with Crippen LogP contribution < -0.4 is 0 Å². The molecule has 1 aromatic rings. The van der Waals surface area contributed by atoms with Crippen molar-refractivity contribution in [1.82, 2.24) is 4.90 Å². The summed E-state index contributed by atoms with van der Waals surface area (Å²) in [6.45, 7) is 5.35. The van der Waals surface area contributed by atoms with E-state index >= 15 is 0 Å². The minimum absolute atomic E-state index is 0.131. The maximum atomic E-state index is 12.2. The van der Waals surface area contributed by atoms with Gasteiger partial charge >= 0.3 is 0 Å². The van der Waals surface area contributed by atoms with Gasteiger partial charge in [-0.05, 0) is 38.0 Å². The summed E-state index contributed by atoms with van der Waals surface area (Å²) >= 11 is 5.94. The van der Waals surface area contributed by atoms with E-state index in [1.54, 1.807) is 0 Å². The molecule has 0 aromatic heterocycles. The van der Waals surface area contributed by atoms with E-state index in [0.29, 0.717) is 19.6 Å². The van der Waals surface area contributed by atoms with Crippen LogP contribution in [-0.4, -0.2) is 36.1 Å². The normalized spacial score (nSPS) is 23.4. The third-order valence-electron chi connectivity index (χ3n) is 3.44. The van der Waals surface area contributed by atoms with Crippen LogP contribution in [0.4, 0.5) is 0 Å². The molecule has 2 rings (SSSR count). The van der Waals surface area contributed by atoms with E-state index < -0.39 is 0 Å². The quantitative estimate of drug-likeness (QED) is 0.853. The van der Waals surface area contributed by atoms with Crippen LogP contribution in [0.1, 0.15) is 25.8 Å². The van der Waals surface area contributed by atoms with Crippen molar-refractivity contribution in [2.24, 2.45) is 0 Å². The van der Waals surface area contributed by atoms with Crippen molar-refractivity contribution in [2.45, 2.75) is 38.8 Å². The first-order valence-electron chi connectivity index (χ1n) is 6.72. The highest BCUT2D eigenvalue weighted by molar-refractivity contribution is 6.30. The van der Waals surface area contributed by atoms with Gasteiger partial charge in [-0.2, -0.15) is 0 Å². The lowest BCUT2D eigenvalue weighted by Gasteiger charge is -2.36. The summed E-state index contributed by atoms with van der Waals surface area (Å²) in [5.74, 6) is 0.197. The van der Waals surface area contributed by atoms with Gasteiger partial charge in [0.25, 0.3) is 0 Å². The maximum absolute atomic E-state index is 12.2. The van der Waals surface area contributed by atoms with Crippen LogP contribution in [0.5, 0.6) is 0 Å². The van der Waals surface area contributed by atoms with Crippen LogP contribution in [0.3, 0.4) is 0 Å². The average Bonchev–Trinajstić information content (AvgIpc) is 2.39. The molecular formula is C15H20ClNO2. The number of nitrogens with zero attached hydrogens (tertiary/aromatic N) is 1. The number of morpholine rings is 1. The molecule has 2 unspecified atom stereocenters. The molecule has 1 fully saturated rings. The Bertz CT molecular complexity index is 450. The fraction of sp³-hybridized carbons (Fsp3) is 0.533. The molecule has 1 saturated heterocycles. The van der Waals surface area contributed by atoms with Gasteiger partial charge in [-0.1, -0.05) is 23.7 Å². The van der Waals surface area contributed by atoms with Gasteiger partial charge in [-0.3, -0.25) is 4.79 Å². The smallest absolute Gasteiger partial charge is 0.223 e. The minimum atomic E-state index is 0.131. The Hall–Kier alpha value is -1.06. The standard InChI is InChI=1S/C15H20ClNO2/c1-11-10-19-12(2)9-17(11)15(18)7-6-13-4-3-5-14(16)8-13/h3-5,8,11-12H,6-7,9-10H2,1-2H3. The molecule has 3 nitrogen and oxygen atoms in total. The molecule has 104 valence electrons. The second kappa shape index (κ2) is 6.40. The van der Waals surface area contributed by atoms with Crippen molar-refractivity contribution >= 4 is 17.5 Å². The zero-order chi connectivity index (χ0) is 13.8. The van der Waals surface area contributed by atoms with Gasteiger partial charge in [0.2, 0.25) is 5.91 Å². The van der Waals surface area contributed by atoms with Crippen molar-refractivity contribution in [3.8, 4) is 0 Å². The van der Waals surface area contributed by atoms with Crippen LogP contribution in [-0.2, 0) is 16.0 Å². The molecular weight excluding hydrogens is 262 g/mol. The lowest BCUT2D eigenvalue weighted by atomic mass is 10.1. The summed E-state index contributed by atoms with van der Waals surface area (Å²) in [5, 5.41) is 0.721. The van der Waals surface area contributed by atoms with Gasteiger partial charge in [0.1, 0.15) is 0 Å². The van der Waals surface area contributed by atoms with E-state index in [9.17, 15) is 4.79 Å². The van der Waals surface area contributed by atoms with Crippen molar-refractivity contribution in [1.29, 1.82) is 0 Å². The second-order valence-corrected chi connectivity index (χ2v) is 5.61. The van der Waals surface area contributed by atoms with Crippen molar-refractivity contribution < 1.29 is 9.53 Å². The molecule has 1 amide bonds. The van der Waals surface area contributed by atoms with E-state index in [0.717, 1.165) is 17.0 Å². The molecule has 1 heterocycles. The van der Waals surface area contributed by atoms with Crippen LogP contribution in [0, 0.1) is 0 Å². The Morgan fingerprint density at radius 1 is 1.47 bits per heavy atom. The number of carbonyl (C=O) groups is 1. The number of benzene rings is 1. The Kier molecular flexibility index (Phi) is 4.83. The second-order valence-electron chi connectivity index (χ2n) is 5.17. The highest BCUT2D eigenvalue weighted by Crippen LogP contribution is 2.16.